The van der Waals surface area contributed by atoms with Crippen molar-refractivity contribution in [1.29, 1.82) is 5.26 Å². The van der Waals surface area contributed by atoms with Crippen LogP contribution in [-0.2, 0) is 11.3 Å². The summed E-state index contributed by atoms with van der Waals surface area (Å²) in [6.07, 6.45) is 11.8. The Kier molecular flexibility index (Phi) is 9.46. The minimum absolute atomic E-state index is 0.109. The molecule has 1 aromatic carbocycles. The fraction of sp³-hybridized carbons (Fsp3) is 0.419. The summed E-state index contributed by atoms with van der Waals surface area (Å²) in [5.74, 6) is -0.644. The van der Waals surface area contributed by atoms with E-state index in [1.54, 1.807) is 35.5 Å². The van der Waals surface area contributed by atoms with E-state index in [0.29, 0.717) is 24.8 Å². The van der Waals surface area contributed by atoms with Crippen molar-refractivity contribution in [1.82, 2.24) is 34.2 Å². The Hall–Kier alpha value is -4.55. The number of hydrogen-bond acceptors (Lipinski definition) is 9. The van der Waals surface area contributed by atoms with E-state index in [1.165, 1.54) is 39.4 Å². The highest BCUT2D eigenvalue weighted by Gasteiger charge is 2.30. The molecule has 0 spiro atoms. The molecule has 0 bridgehead atoms. The van der Waals surface area contributed by atoms with Gasteiger partial charge in [-0.05, 0) is 56.2 Å². The van der Waals surface area contributed by atoms with Crippen LogP contribution in [-0.4, -0.2) is 91.1 Å². The van der Waals surface area contributed by atoms with Gasteiger partial charge in [0.2, 0.25) is 5.91 Å². The number of nitrogens with zero attached hydrogens (tertiary/aromatic N) is 8. The Morgan fingerprint density at radius 1 is 1.17 bits per heavy atom. The molecule has 4 heterocycles. The number of aromatic nitrogens is 5. The zero-order valence-corrected chi connectivity index (χ0v) is 26.0. The van der Waals surface area contributed by atoms with Crippen molar-refractivity contribution < 1.29 is 23.1 Å². The second kappa shape index (κ2) is 13.8. The number of carbonyl (C=O) groups excluding carboxylic acids is 2. The van der Waals surface area contributed by atoms with Crippen LogP contribution in [0.4, 0.5) is 14.5 Å². The molecule has 15 heteroatoms. The number of carbonyl (C=O) groups is 2. The highest BCUT2D eigenvalue weighted by Crippen LogP contribution is 2.38. The smallest absolute Gasteiger partial charge is 0.387 e. The number of nitrogens with one attached hydrogen (secondary N) is 1. The van der Waals surface area contributed by atoms with Crippen LogP contribution in [0, 0.1) is 17.2 Å². The number of rotatable bonds is 9. The van der Waals surface area contributed by atoms with Crippen LogP contribution >= 0.6 is 11.8 Å². The summed E-state index contributed by atoms with van der Waals surface area (Å²) in [5, 5.41) is 20.8. The largest absolute Gasteiger partial charge is 0.434 e. The predicted molar refractivity (Wildman–Crippen MR) is 167 cm³/mol. The Bertz CT molecular complexity index is 1760. The second-order valence-corrected chi connectivity index (χ2v) is 12.2. The molecular weight excluding hydrogens is 616 g/mol. The first-order chi connectivity index (χ1) is 22.3. The summed E-state index contributed by atoms with van der Waals surface area (Å²) in [5.41, 5.74) is 1.17. The minimum atomic E-state index is -3.08. The quantitative estimate of drug-likeness (QED) is 0.262. The Labute approximate surface area is 268 Å². The summed E-state index contributed by atoms with van der Waals surface area (Å²) in [4.78, 5) is 36.1. The zero-order valence-electron chi connectivity index (χ0n) is 25.2. The molecule has 1 saturated heterocycles. The van der Waals surface area contributed by atoms with Crippen molar-refractivity contribution in [2.45, 2.75) is 49.8 Å². The first-order valence-corrected chi connectivity index (χ1v) is 16.3. The lowest BCUT2D eigenvalue weighted by atomic mass is 9.86. The molecule has 0 radical (unpaired) electrons. The van der Waals surface area contributed by atoms with Crippen LogP contribution in [0.2, 0.25) is 0 Å². The van der Waals surface area contributed by atoms with E-state index in [9.17, 15) is 23.6 Å². The van der Waals surface area contributed by atoms with Crippen LogP contribution in [0.25, 0.3) is 16.9 Å². The van der Waals surface area contributed by atoms with Gasteiger partial charge in [-0.2, -0.15) is 24.2 Å². The molecule has 1 aliphatic carbocycles. The summed E-state index contributed by atoms with van der Waals surface area (Å²) in [6.45, 7) is -0.546. The van der Waals surface area contributed by atoms with Gasteiger partial charge < -0.3 is 15.0 Å². The minimum Gasteiger partial charge on any atom is -0.434 e. The number of amides is 2. The van der Waals surface area contributed by atoms with Crippen LogP contribution < -0.4 is 10.1 Å². The van der Waals surface area contributed by atoms with Gasteiger partial charge in [0.15, 0.2) is 5.65 Å². The molecule has 6 rings (SSSR count). The molecule has 1 N–H and O–H groups in total. The van der Waals surface area contributed by atoms with Gasteiger partial charge in [-0.25, -0.2) is 9.50 Å². The van der Waals surface area contributed by atoms with Crippen LogP contribution in [0.3, 0.4) is 0 Å². The van der Waals surface area contributed by atoms with Crippen molar-refractivity contribution in [3.8, 4) is 23.1 Å². The maximum atomic E-state index is 13.4. The van der Waals surface area contributed by atoms with Gasteiger partial charge in [0.1, 0.15) is 23.6 Å². The number of halogens is 2. The molecule has 1 saturated carbocycles. The van der Waals surface area contributed by atoms with Crippen LogP contribution in [0.1, 0.15) is 36.0 Å². The van der Waals surface area contributed by atoms with Crippen molar-refractivity contribution in [3.63, 3.8) is 0 Å². The average molecular weight is 650 g/mol. The number of nitriles is 1. The number of piperazine rings is 1. The molecule has 1 aliphatic heterocycles. The van der Waals surface area contributed by atoms with Gasteiger partial charge in [-0.15, -0.1) is 11.8 Å². The Morgan fingerprint density at radius 3 is 2.67 bits per heavy atom. The van der Waals surface area contributed by atoms with Crippen LogP contribution in [0.5, 0.6) is 5.75 Å². The zero-order chi connectivity index (χ0) is 32.2. The van der Waals surface area contributed by atoms with E-state index in [2.05, 4.69) is 31.5 Å². The monoisotopic (exact) mass is 649 g/mol. The first-order valence-electron chi connectivity index (χ1n) is 15.0. The fourth-order valence-electron chi connectivity index (χ4n) is 6.13. The second-order valence-electron chi connectivity index (χ2n) is 11.3. The normalized spacial score (nSPS) is 18.9. The molecule has 0 unspecified atom stereocenters. The number of anilines is 1. The summed E-state index contributed by atoms with van der Waals surface area (Å²) < 4.78 is 34.5. The third kappa shape index (κ3) is 6.82. The SMILES string of the molecule is CSc1ccc(OC(F)F)c(-c2nn(CC(=O)N3CCN([C@H]4CC[C@@H](C#N)CC4)CC3)cc2NC(=O)c2cnn3cccnc23)c1. The lowest BCUT2D eigenvalue weighted by Crippen LogP contribution is -2.53. The van der Waals surface area contributed by atoms with Gasteiger partial charge in [0.05, 0.1) is 18.0 Å². The summed E-state index contributed by atoms with van der Waals surface area (Å²) in [7, 11) is 0. The van der Waals surface area contributed by atoms with Gasteiger partial charge in [-0.3, -0.25) is 19.2 Å². The number of benzene rings is 1. The molecule has 2 aliphatic rings. The number of ether oxygens (including phenoxy) is 1. The van der Waals surface area contributed by atoms with Gasteiger partial charge >= 0.3 is 6.61 Å². The third-order valence-corrected chi connectivity index (χ3v) is 9.28. The van der Waals surface area contributed by atoms with E-state index < -0.39 is 12.5 Å². The van der Waals surface area contributed by atoms with E-state index in [4.69, 9.17) is 4.74 Å². The average Bonchev–Trinajstić information content (AvgIpc) is 3.69. The van der Waals surface area contributed by atoms with Gasteiger partial charge in [0, 0.05) is 67.2 Å². The van der Waals surface area contributed by atoms with Gasteiger partial charge in [0.25, 0.3) is 5.91 Å². The lowest BCUT2D eigenvalue weighted by Gasteiger charge is -2.41. The third-order valence-electron chi connectivity index (χ3n) is 8.55. The van der Waals surface area contributed by atoms with Crippen LogP contribution in [0.15, 0.2) is 53.9 Å². The predicted octanol–water partition coefficient (Wildman–Crippen LogP) is 4.39. The Morgan fingerprint density at radius 2 is 1.96 bits per heavy atom. The maximum Gasteiger partial charge on any atom is 0.387 e. The molecule has 4 aromatic rings. The van der Waals surface area contributed by atoms with E-state index in [0.717, 1.165) is 43.7 Å². The first kappa shape index (κ1) is 31.4. The highest BCUT2D eigenvalue weighted by atomic mass is 32.2. The van der Waals surface area contributed by atoms with Gasteiger partial charge in [-0.1, -0.05) is 0 Å². The standard InChI is InChI=1S/C31H33F2N9O3S/c1-46-22-7-8-26(45-31(32)33)23(15-22)28-25(37-30(44)24-17-36-42-10-2-9-35-29(24)42)18-41(38-28)19-27(43)40-13-11-39(12-14-40)21-5-3-20(16-34)4-6-21/h2,7-10,15,17-18,20-21,31H,3-6,11-14,19H2,1H3,(H,37,44)/t20-,21+. The number of hydrogen-bond donors (Lipinski definition) is 1. The molecule has 2 fully saturated rings. The maximum absolute atomic E-state index is 13.4. The number of thioether (sulfide) groups is 1. The molecule has 3 aromatic heterocycles. The lowest BCUT2D eigenvalue weighted by molar-refractivity contribution is -0.134. The molecule has 12 nitrogen and oxygen atoms in total. The summed E-state index contributed by atoms with van der Waals surface area (Å²) >= 11 is 1.41. The van der Waals surface area contributed by atoms with Crippen molar-refractivity contribution >= 4 is 34.9 Å². The van der Waals surface area contributed by atoms with Crippen molar-refractivity contribution in [2.24, 2.45) is 5.92 Å². The molecular formula is C31H33F2N9O3S. The fourth-order valence-corrected chi connectivity index (χ4v) is 6.57. The highest BCUT2D eigenvalue weighted by molar-refractivity contribution is 7.98. The van der Waals surface area contributed by atoms with E-state index in [1.807, 2.05) is 6.26 Å². The number of alkyl halides is 2. The summed E-state index contributed by atoms with van der Waals surface area (Å²) in [6, 6.07) is 9.25. The topological polar surface area (TPSA) is 134 Å². The van der Waals surface area contributed by atoms with E-state index >= 15 is 0 Å². The van der Waals surface area contributed by atoms with Crippen molar-refractivity contribution in [3.05, 3.63) is 54.6 Å². The molecule has 240 valence electrons. The Balaban J connectivity index is 1.23. The molecule has 46 heavy (non-hydrogen) atoms. The molecule has 0 atom stereocenters. The number of fused-ring (bicyclic) bond motifs is 1. The van der Waals surface area contributed by atoms with Crippen molar-refractivity contribution in [2.75, 3.05) is 37.8 Å². The van der Waals surface area contributed by atoms with E-state index in [-0.39, 0.29) is 46.6 Å². The molecule has 2 amide bonds.